The third-order valence-corrected chi connectivity index (χ3v) is 3.64. The third kappa shape index (κ3) is 3.91. The molecule has 0 saturated carbocycles. The quantitative estimate of drug-likeness (QED) is 0.633. The highest BCUT2D eigenvalue weighted by Gasteiger charge is 2.31. The summed E-state index contributed by atoms with van der Waals surface area (Å²) in [6.45, 7) is 0. The van der Waals surface area contributed by atoms with Crippen LogP contribution in [0.25, 0.3) is 10.9 Å². The summed E-state index contributed by atoms with van der Waals surface area (Å²) in [6.07, 6.45) is -3.12. The van der Waals surface area contributed by atoms with Crippen LogP contribution in [0.15, 0.2) is 42.6 Å². The molecule has 0 saturated heterocycles. The van der Waals surface area contributed by atoms with Gasteiger partial charge in [-0.15, -0.1) is 0 Å². The van der Waals surface area contributed by atoms with Crippen molar-refractivity contribution in [2.45, 2.75) is 6.18 Å². The van der Waals surface area contributed by atoms with E-state index in [1.807, 2.05) is 0 Å². The fourth-order valence-electron chi connectivity index (χ4n) is 2.36. The molecular formula is C18H13F3N2O4. The zero-order valence-corrected chi connectivity index (χ0v) is 14.2. The van der Waals surface area contributed by atoms with Crippen LogP contribution in [-0.4, -0.2) is 30.2 Å². The van der Waals surface area contributed by atoms with Crippen molar-refractivity contribution in [1.29, 1.82) is 0 Å². The van der Waals surface area contributed by atoms with Crippen molar-refractivity contribution in [3.8, 4) is 17.4 Å². The summed E-state index contributed by atoms with van der Waals surface area (Å²) in [6, 6.07) is 7.15. The Hall–Kier alpha value is -3.36. The Labute approximate surface area is 151 Å². The summed E-state index contributed by atoms with van der Waals surface area (Å²) in [4.78, 5) is 19.8. The van der Waals surface area contributed by atoms with E-state index < -0.39 is 17.7 Å². The van der Waals surface area contributed by atoms with Crippen molar-refractivity contribution in [2.24, 2.45) is 0 Å². The summed E-state index contributed by atoms with van der Waals surface area (Å²) < 4.78 is 54.6. The van der Waals surface area contributed by atoms with Crippen LogP contribution in [0.4, 0.5) is 13.2 Å². The van der Waals surface area contributed by atoms with Crippen molar-refractivity contribution in [2.75, 3.05) is 14.2 Å². The number of fused-ring (bicyclic) bond motifs is 1. The Morgan fingerprint density at radius 3 is 2.52 bits per heavy atom. The van der Waals surface area contributed by atoms with E-state index in [1.54, 1.807) is 0 Å². The first kappa shape index (κ1) is 18.4. The van der Waals surface area contributed by atoms with Crippen LogP contribution in [-0.2, 0) is 10.9 Å². The highest BCUT2D eigenvalue weighted by atomic mass is 19.4. The Bertz CT molecular complexity index is 1010. The number of hydrogen-bond donors (Lipinski definition) is 0. The molecule has 0 aliphatic heterocycles. The van der Waals surface area contributed by atoms with E-state index in [0.29, 0.717) is 0 Å². The van der Waals surface area contributed by atoms with Gasteiger partial charge in [-0.1, -0.05) is 0 Å². The molecule has 27 heavy (non-hydrogen) atoms. The highest BCUT2D eigenvalue weighted by Crippen LogP contribution is 2.36. The molecule has 1 aromatic carbocycles. The molecule has 140 valence electrons. The Morgan fingerprint density at radius 1 is 1.07 bits per heavy atom. The number of ether oxygens (including phenoxy) is 3. The maximum atomic E-state index is 13.1. The molecular weight excluding hydrogens is 365 g/mol. The molecule has 0 atom stereocenters. The molecule has 2 heterocycles. The second kappa shape index (κ2) is 7.10. The van der Waals surface area contributed by atoms with Crippen LogP contribution in [0.3, 0.4) is 0 Å². The van der Waals surface area contributed by atoms with Gasteiger partial charge in [-0.3, -0.25) is 0 Å². The monoisotopic (exact) mass is 378 g/mol. The van der Waals surface area contributed by atoms with Gasteiger partial charge in [0.1, 0.15) is 11.5 Å². The minimum Gasteiger partial charge on any atom is -0.481 e. The van der Waals surface area contributed by atoms with E-state index in [4.69, 9.17) is 9.47 Å². The first-order valence-electron chi connectivity index (χ1n) is 7.60. The highest BCUT2D eigenvalue weighted by molar-refractivity contribution is 5.94. The molecule has 6 nitrogen and oxygen atoms in total. The first-order valence-corrected chi connectivity index (χ1v) is 7.60. The number of alkyl halides is 3. The number of rotatable bonds is 4. The molecule has 0 aliphatic rings. The predicted octanol–water partition coefficient (Wildman–Crippen LogP) is 4.24. The van der Waals surface area contributed by atoms with Crippen molar-refractivity contribution in [3.05, 3.63) is 53.9 Å². The lowest BCUT2D eigenvalue weighted by Crippen LogP contribution is -2.07. The maximum Gasteiger partial charge on any atom is 0.416 e. The van der Waals surface area contributed by atoms with Crippen LogP contribution in [0.5, 0.6) is 17.4 Å². The van der Waals surface area contributed by atoms with Gasteiger partial charge in [-0.2, -0.15) is 13.2 Å². The number of nitrogens with zero attached hydrogens (tertiary/aromatic N) is 2. The average molecular weight is 378 g/mol. The summed E-state index contributed by atoms with van der Waals surface area (Å²) in [5.41, 5.74) is -0.803. The van der Waals surface area contributed by atoms with Gasteiger partial charge in [0.15, 0.2) is 5.69 Å². The van der Waals surface area contributed by atoms with Gasteiger partial charge >= 0.3 is 12.1 Å². The third-order valence-electron chi connectivity index (χ3n) is 3.64. The fourth-order valence-corrected chi connectivity index (χ4v) is 2.36. The molecule has 0 bridgehead atoms. The topological polar surface area (TPSA) is 70.5 Å². The minimum absolute atomic E-state index is 0.0137. The minimum atomic E-state index is -4.54. The standard InChI is InChI=1S/C18H13F3N2O4/c1-25-16-8-11(5-6-22-16)27-15-9-14(17(24)26-2)23-13-4-3-10(7-12(13)15)18(19,20)21/h3-9H,1-2H3. The van der Waals surface area contributed by atoms with Crippen LogP contribution >= 0.6 is 0 Å². The zero-order valence-electron chi connectivity index (χ0n) is 14.2. The molecule has 0 spiro atoms. The molecule has 0 N–H and O–H groups in total. The lowest BCUT2D eigenvalue weighted by atomic mass is 10.1. The van der Waals surface area contributed by atoms with Crippen molar-refractivity contribution in [3.63, 3.8) is 0 Å². The predicted molar refractivity (Wildman–Crippen MR) is 88.9 cm³/mol. The molecule has 2 aromatic heterocycles. The number of esters is 1. The molecule has 0 aliphatic carbocycles. The number of aromatic nitrogens is 2. The van der Waals surface area contributed by atoms with Crippen molar-refractivity contribution in [1.82, 2.24) is 9.97 Å². The van der Waals surface area contributed by atoms with Crippen LogP contribution in [0, 0.1) is 0 Å². The summed E-state index contributed by atoms with van der Waals surface area (Å²) in [5, 5.41) is 0.0910. The molecule has 3 rings (SSSR count). The van der Waals surface area contributed by atoms with E-state index in [2.05, 4.69) is 14.7 Å². The van der Waals surface area contributed by atoms with Gasteiger partial charge in [0.2, 0.25) is 5.88 Å². The van der Waals surface area contributed by atoms with Gasteiger partial charge in [0.05, 0.1) is 25.3 Å². The molecule has 9 heteroatoms. The van der Waals surface area contributed by atoms with Gasteiger partial charge in [0.25, 0.3) is 0 Å². The van der Waals surface area contributed by atoms with E-state index >= 15 is 0 Å². The number of hydrogen-bond acceptors (Lipinski definition) is 6. The lowest BCUT2D eigenvalue weighted by Gasteiger charge is -2.13. The molecule has 0 unspecified atom stereocenters. The van der Waals surface area contributed by atoms with Crippen LogP contribution in [0.1, 0.15) is 16.1 Å². The van der Waals surface area contributed by atoms with Crippen LogP contribution in [0.2, 0.25) is 0 Å². The maximum absolute atomic E-state index is 13.1. The number of carbonyl (C=O) groups excluding carboxylic acids is 1. The second-order valence-corrected chi connectivity index (χ2v) is 5.36. The molecule has 0 fully saturated rings. The SMILES string of the molecule is COC(=O)c1cc(Oc2ccnc(OC)c2)c2cc(C(F)(F)F)ccc2n1. The van der Waals surface area contributed by atoms with Crippen molar-refractivity contribution >= 4 is 16.9 Å². The Morgan fingerprint density at radius 2 is 1.85 bits per heavy atom. The largest absolute Gasteiger partial charge is 0.481 e. The smallest absolute Gasteiger partial charge is 0.416 e. The molecule has 3 aromatic rings. The van der Waals surface area contributed by atoms with E-state index in [1.165, 1.54) is 44.7 Å². The van der Waals surface area contributed by atoms with E-state index in [-0.39, 0.29) is 34.0 Å². The van der Waals surface area contributed by atoms with Crippen molar-refractivity contribution < 1.29 is 32.2 Å². The normalized spacial score (nSPS) is 11.3. The Balaban J connectivity index is 2.17. The number of methoxy groups -OCH3 is 2. The van der Waals surface area contributed by atoms with Gasteiger partial charge in [-0.05, 0) is 24.3 Å². The number of benzene rings is 1. The van der Waals surface area contributed by atoms with Crippen LogP contribution < -0.4 is 9.47 Å². The average Bonchev–Trinajstić information content (AvgIpc) is 2.66. The zero-order chi connectivity index (χ0) is 19.6. The van der Waals surface area contributed by atoms with Gasteiger partial charge < -0.3 is 14.2 Å². The fraction of sp³-hybridized carbons (Fsp3) is 0.167. The number of pyridine rings is 2. The number of carbonyl (C=O) groups is 1. The van der Waals surface area contributed by atoms with E-state index in [0.717, 1.165) is 12.1 Å². The first-order chi connectivity index (χ1) is 12.8. The number of halogens is 3. The molecule has 0 amide bonds. The van der Waals surface area contributed by atoms with Gasteiger partial charge in [-0.25, -0.2) is 14.8 Å². The Kier molecular flexibility index (Phi) is 4.85. The second-order valence-electron chi connectivity index (χ2n) is 5.36. The summed E-state index contributed by atoms with van der Waals surface area (Å²) >= 11 is 0. The van der Waals surface area contributed by atoms with Gasteiger partial charge in [0, 0.05) is 23.7 Å². The molecule has 0 radical (unpaired) electrons. The summed E-state index contributed by atoms with van der Waals surface area (Å²) in [5.74, 6) is -0.202. The lowest BCUT2D eigenvalue weighted by molar-refractivity contribution is -0.137. The summed E-state index contributed by atoms with van der Waals surface area (Å²) in [7, 11) is 2.59. The van der Waals surface area contributed by atoms with E-state index in [9.17, 15) is 18.0 Å².